The van der Waals surface area contributed by atoms with E-state index in [0.717, 1.165) is 0 Å². The molecule has 8 heavy (non-hydrogen) atoms. The van der Waals surface area contributed by atoms with Crippen molar-refractivity contribution in [3.63, 3.8) is 0 Å². The van der Waals surface area contributed by atoms with Crippen molar-refractivity contribution >= 4 is 28.4 Å². The molecule has 0 bridgehead atoms. The van der Waals surface area contributed by atoms with E-state index in [1.807, 2.05) is 0 Å². The zero-order chi connectivity index (χ0) is 6.57. The van der Waals surface area contributed by atoms with Gasteiger partial charge in [0.15, 0.2) is 0 Å². The summed E-state index contributed by atoms with van der Waals surface area (Å²) in [4.78, 5) is 10.1. The van der Waals surface area contributed by atoms with Crippen molar-refractivity contribution in [2.45, 2.75) is 5.38 Å². The fourth-order valence-electron chi connectivity index (χ4n) is 0.212. The van der Waals surface area contributed by atoms with Gasteiger partial charge in [0, 0.05) is 7.11 Å². The van der Waals surface area contributed by atoms with Gasteiger partial charge >= 0.3 is 0 Å². The molecule has 4 heteroatoms. The normalized spacial score (nSPS) is 13.4. The smallest absolute Gasteiger partial charge is 0.241 e. The van der Waals surface area contributed by atoms with Gasteiger partial charge in [0.2, 0.25) is 5.24 Å². The molecule has 0 amide bonds. The van der Waals surface area contributed by atoms with E-state index < -0.39 is 10.6 Å². The maximum absolute atomic E-state index is 10.1. The molecular weight excluding hydrogens is 151 g/mol. The van der Waals surface area contributed by atoms with Crippen molar-refractivity contribution in [1.82, 2.24) is 0 Å². The Labute approximate surface area is 57.7 Å². The molecule has 1 unspecified atom stereocenters. The number of halogens is 2. The van der Waals surface area contributed by atoms with E-state index in [0.29, 0.717) is 0 Å². The molecule has 0 aliphatic carbocycles. The molecule has 1 atom stereocenters. The van der Waals surface area contributed by atoms with Gasteiger partial charge in [-0.25, -0.2) is 0 Å². The first-order chi connectivity index (χ1) is 3.68. The maximum atomic E-state index is 10.1. The van der Waals surface area contributed by atoms with E-state index >= 15 is 0 Å². The molecular formula is C4H6Cl2O2. The number of carbonyl (C=O) groups is 1. The molecule has 0 aromatic rings. The lowest BCUT2D eigenvalue weighted by molar-refractivity contribution is -0.112. The third-order valence-electron chi connectivity index (χ3n) is 0.559. The summed E-state index contributed by atoms with van der Waals surface area (Å²) < 4.78 is 4.53. The summed E-state index contributed by atoms with van der Waals surface area (Å²) in [6.45, 7) is 0.171. The van der Waals surface area contributed by atoms with Crippen LogP contribution in [0.4, 0.5) is 0 Å². The highest BCUT2D eigenvalue weighted by Crippen LogP contribution is 1.99. The van der Waals surface area contributed by atoms with Crippen LogP contribution in [0.1, 0.15) is 0 Å². The van der Waals surface area contributed by atoms with Crippen LogP contribution in [0.2, 0.25) is 0 Å². The van der Waals surface area contributed by atoms with Gasteiger partial charge in [-0.05, 0) is 11.6 Å². The van der Waals surface area contributed by atoms with Gasteiger partial charge in [-0.1, -0.05) is 0 Å². The van der Waals surface area contributed by atoms with Crippen LogP contribution < -0.4 is 0 Å². The van der Waals surface area contributed by atoms with Crippen molar-refractivity contribution in [2.75, 3.05) is 13.7 Å². The van der Waals surface area contributed by atoms with Crippen molar-refractivity contribution < 1.29 is 9.53 Å². The summed E-state index contributed by atoms with van der Waals surface area (Å²) in [5, 5.41) is -1.28. The fraction of sp³-hybridized carbons (Fsp3) is 0.750. The summed E-state index contributed by atoms with van der Waals surface area (Å²) in [6, 6.07) is 0. The van der Waals surface area contributed by atoms with Gasteiger partial charge in [-0.2, -0.15) is 0 Å². The van der Waals surface area contributed by atoms with E-state index in [2.05, 4.69) is 4.74 Å². The second kappa shape index (κ2) is 4.13. The number of ether oxygens (including phenoxy) is 1. The molecule has 0 fully saturated rings. The minimum atomic E-state index is -0.707. The molecule has 2 nitrogen and oxygen atoms in total. The van der Waals surface area contributed by atoms with Crippen LogP contribution in [0.15, 0.2) is 0 Å². The van der Waals surface area contributed by atoms with Gasteiger partial charge in [0.25, 0.3) is 0 Å². The van der Waals surface area contributed by atoms with Crippen LogP contribution in [0.3, 0.4) is 0 Å². The van der Waals surface area contributed by atoms with E-state index in [4.69, 9.17) is 23.2 Å². The Hall–Kier alpha value is 0.210. The van der Waals surface area contributed by atoms with E-state index in [-0.39, 0.29) is 6.61 Å². The standard InChI is InChI=1S/C4H6Cl2O2/c1-8-2-3(5)4(6)7/h3H,2H2,1H3. The number of hydrogen-bond donors (Lipinski definition) is 0. The molecule has 0 saturated heterocycles. The lowest BCUT2D eigenvalue weighted by Crippen LogP contribution is -2.13. The molecule has 0 N–H and O–H groups in total. The number of methoxy groups -OCH3 is 1. The highest BCUT2D eigenvalue weighted by atomic mass is 35.5. The lowest BCUT2D eigenvalue weighted by Gasteiger charge is -1.98. The van der Waals surface area contributed by atoms with Crippen LogP contribution in [0.5, 0.6) is 0 Å². The summed E-state index contributed by atoms with van der Waals surface area (Å²) >= 11 is 10.3. The topological polar surface area (TPSA) is 26.3 Å². The largest absolute Gasteiger partial charge is 0.383 e. The summed E-state index contributed by atoms with van der Waals surface area (Å²) in [5.41, 5.74) is 0. The average Bonchev–Trinajstić information content (AvgIpc) is 1.67. The van der Waals surface area contributed by atoms with Gasteiger partial charge in [-0.3, -0.25) is 4.79 Å². The SMILES string of the molecule is COCC(Cl)C(=O)Cl. The predicted molar refractivity (Wildman–Crippen MR) is 32.4 cm³/mol. The Balaban J connectivity index is 3.32. The third kappa shape index (κ3) is 3.24. The first-order valence-electron chi connectivity index (χ1n) is 2.01. The zero-order valence-electron chi connectivity index (χ0n) is 4.36. The Morgan fingerprint density at radius 1 is 1.88 bits per heavy atom. The van der Waals surface area contributed by atoms with Crippen molar-refractivity contribution in [3.05, 3.63) is 0 Å². The third-order valence-corrected chi connectivity index (χ3v) is 1.26. The minimum Gasteiger partial charge on any atom is -0.383 e. The second-order valence-corrected chi connectivity index (χ2v) is 2.13. The highest BCUT2D eigenvalue weighted by molar-refractivity contribution is 6.69. The highest BCUT2D eigenvalue weighted by Gasteiger charge is 2.10. The first kappa shape index (κ1) is 8.21. The molecule has 0 aromatic heterocycles. The van der Waals surface area contributed by atoms with E-state index in [1.54, 1.807) is 0 Å². The van der Waals surface area contributed by atoms with Gasteiger partial charge in [-0.15, -0.1) is 11.6 Å². The number of hydrogen-bond acceptors (Lipinski definition) is 2. The second-order valence-electron chi connectivity index (χ2n) is 1.23. The molecule has 48 valence electrons. The summed E-state index contributed by atoms with van der Waals surface area (Å²) in [5.74, 6) is 0. The lowest BCUT2D eigenvalue weighted by atomic mass is 10.5. The van der Waals surface area contributed by atoms with Crippen molar-refractivity contribution in [2.24, 2.45) is 0 Å². The maximum Gasteiger partial charge on any atom is 0.241 e. The minimum absolute atomic E-state index is 0.171. The van der Waals surface area contributed by atoms with Crippen LogP contribution in [-0.2, 0) is 9.53 Å². The molecule has 0 aliphatic rings. The van der Waals surface area contributed by atoms with Crippen LogP contribution in [0, 0.1) is 0 Å². The van der Waals surface area contributed by atoms with E-state index in [9.17, 15) is 4.79 Å². The van der Waals surface area contributed by atoms with Crippen molar-refractivity contribution in [3.8, 4) is 0 Å². The molecule has 0 aliphatic heterocycles. The molecule has 0 spiro atoms. The first-order valence-corrected chi connectivity index (χ1v) is 2.82. The number of rotatable bonds is 3. The van der Waals surface area contributed by atoms with E-state index in [1.165, 1.54) is 7.11 Å². The summed E-state index contributed by atoms with van der Waals surface area (Å²) in [6.07, 6.45) is 0. The van der Waals surface area contributed by atoms with Crippen LogP contribution >= 0.6 is 23.2 Å². The van der Waals surface area contributed by atoms with Gasteiger partial charge in [0.1, 0.15) is 5.38 Å². The molecule has 0 aromatic carbocycles. The molecule has 0 heterocycles. The molecule has 0 rings (SSSR count). The summed E-state index contributed by atoms with van der Waals surface area (Å²) in [7, 11) is 1.45. The number of carbonyl (C=O) groups excluding carboxylic acids is 1. The van der Waals surface area contributed by atoms with Gasteiger partial charge < -0.3 is 4.74 Å². The van der Waals surface area contributed by atoms with Crippen molar-refractivity contribution in [1.29, 1.82) is 0 Å². The Kier molecular flexibility index (Phi) is 4.23. The predicted octanol–water partition coefficient (Wildman–Crippen LogP) is 1.01. The van der Waals surface area contributed by atoms with Crippen LogP contribution in [0.25, 0.3) is 0 Å². The fourth-order valence-corrected chi connectivity index (χ4v) is 0.401. The Bertz CT molecular complexity index is 84.1. The van der Waals surface area contributed by atoms with Gasteiger partial charge in [0.05, 0.1) is 6.61 Å². The molecule has 0 radical (unpaired) electrons. The monoisotopic (exact) mass is 156 g/mol. The average molecular weight is 157 g/mol. The molecule has 0 saturated carbocycles. The van der Waals surface area contributed by atoms with Crippen LogP contribution in [-0.4, -0.2) is 24.3 Å². The Morgan fingerprint density at radius 3 is 2.50 bits per heavy atom. The Morgan fingerprint density at radius 2 is 2.38 bits per heavy atom. The quantitative estimate of drug-likeness (QED) is 0.451. The number of alkyl halides is 1. The zero-order valence-corrected chi connectivity index (χ0v) is 5.87.